The first-order valence-electron chi connectivity index (χ1n) is 22.2. The summed E-state index contributed by atoms with van der Waals surface area (Å²) in [6.07, 6.45) is 33.3. The lowest BCUT2D eigenvalue weighted by atomic mass is 10.0. The SMILES string of the molecule is CCCCCCCCCCCCCCCCCCCCCCCC(=O)OC(COC(=O)CCCCCCCCC)COC(OCC[N+](C)(C)C)C(=O)O. The van der Waals surface area contributed by atoms with Crippen LogP contribution in [0.1, 0.15) is 206 Å². The van der Waals surface area contributed by atoms with Crippen LogP contribution in [0, 0.1) is 0 Å². The van der Waals surface area contributed by atoms with E-state index in [1.807, 2.05) is 21.1 Å². The van der Waals surface area contributed by atoms with Gasteiger partial charge in [-0.25, -0.2) is 4.79 Å². The highest BCUT2D eigenvalue weighted by molar-refractivity contribution is 5.71. The topological polar surface area (TPSA) is 108 Å². The Morgan fingerprint density at radius 3 is 1.21 bits per heavy atom. The van der Waals surface area contributed by atoms with E-state index in [1.165, 1.54) is 141 Å². The van der Waals surface area contributed by atoms with Crippen LogP contribution >= 0.6 is 0 Å². The maximum absolute atomic E-state index is 12.7. The van der Waals surface area contributed by atoms with E-state index in [1.54, 1.807) is 0 Å². The Kier molecular flexibility index (Phi) is 36.0. The molecule has 314 valence electrons. The number of rotatable bonds is 41. The lowest BCUT2D eigenvalue weighted by Crippen LogP contribution is -2.40. The molecule has 0 heterocycles. The van der Waals surface area contributed by atoms with E-state index in [0.717, 1.165) is 38.5 Å². The Bertz CT molecular complexity index is 846. The fourth-order valence-electron chi connectivity index (χ4n) is 6.37. The molecule has 0 saturated heterocycles. The van der Waals surface area contributed by atoms with Crippen LogP contribution in [0.4, 0.5) is 0 Å². The Hall–Kier alpha value is -1.71. The minimum atomic E-state index is -1.50. The molecule has 0 saturated carbocycles. The molecule has 0 fully saturated rings. The summed E-state index contributed by atoms with van der Waals surface area (Å²) in [5.74, 6) is -2.00. The summed E-state index contributed by atoms with van der Waals surface area (Å²) in [6, 6.07) is 0. The lowest BCUT2D eigenvalue weighted by molar-refractivity contribution is -0.870. The molecule has 0 aliphatic rings. The van der Waals surface area contributed by atoms with Crippen molar-refractivity contribution in [3.05, 3.63) is 0 Å². The van der Waals surface area contributed by atoms with E-state index in [4.69, 9.17) is 18.9 Å². The van der Waals surface area contributed by atoms with Crippen molar-refractivity contribution in [2.45, 2.75) is 219 Å². The summed E-state index contributed by atoms with van der Waals surface area (Å²) < 4.78 is 22.6. The molecule has 0 spiro atoms. The first-order valence-corrected chi connectivity index (χ1v) is 22.2. The second kappa shape index (κ2) is 37.2. The monoisotopic (exact) mass is 757 g/mol. The smallest absolute Gasteiger partial charge is 0.361 e. The van der Waals surface area contributed by atoms with Crippen molar-refractivity contribution in [3.8, 4) is 0 Å². The molecule has 9 nitrogen and oxygen atoms in total. The van der Waals surface area contributed by atoms with Gasteiger partial charge in [-0.1, -0.05) is 181 Å². The predicted molar refractivity (Wildman–Crippen MR) is 217 cm³/mol. The molecule has 0 amide bonds. The maximum Gasteiger partial charge on any atom is 0.361 e. The van der Waals surface area contributed by atoms with Crippen molar-refractivity contribution >= 4 is 17.9 Å². The maximum atomic E-state index is 12.7. The Morgan fingerprint density at radius 1 is 0.491 bits per heavy atom. The van der Waals surface area contributed by atoms with Gasteiger partial charge in [-0.15, -0.1) is 0 Å². The number of ether oxygens (including phenoxy) is 4. The number of aliphatic carboxylic acids is 1. The first-order chi connectivity index (χ1) is 25.6. The van der Waals surface area contributed by atoms with Crippen LogP contribution in [0.15, 0.2) is 0 Å². The number of carbonyl (C=O) groups is 3. The minimum absolute atomic E-state index is 0.175. The highest BCUT2D eigenvalue weighted by Crippen LogP contribution is 2.16. The number of likely N-dealkylation sites (N-methyl/N-ethyl adjacent to an activating group) is 1. The van der Waals surface area contributed by atoms with Crippen LogP contribution in [0.2, 0.25) is 0 Å². The average Bonchev–Trinajstić information content (AvgIpc) is 3.11. The summed E-state index contributed by atoms with van der Waals surface area (Å²) >= 11 is 0. The third-order valence-electron chi connectivity index (χ3n) is 9.86. The van der Waals surface area contributed by atoms with Gasteiger partial charge in [-0.2, -0.15) is 0 Å². The number of carboxylic acids is 1. The molecule has 2 atom stereocenters. The van der Waals surface area contributed by atoms with E-state index >= 15 is 0 Å². The molecule has 9 heteroatoms. The molecule has 0 aromatic heterocycles. The molecule has 2 unspecified atom stereocenters. The van der Waals surface area contributed by atoms with Gasteiger partial charge in [0.2, 0.25) is 0 Å². The van der Waals surface area contributed by atoms with Gasteiger partial charge in [-0.05, 0) is 12.8 Å². The lowest BCUT2D eigenvalue weighted by Gasteiger charge is -2.25. The predicted octanol–water partition coefficient (Wildman–Crippen LogP) is 11.3. The van der Waals surface area contributed by atoms with Crippen molar-refractivity contribution in [1.82, 2.24) is 0 Å². The van der Waals surface area contributed by atoms with Gasteiger partial charge >= 0.3 is 17.9 Å². The molecule has 0 aromatic rings. The quantitative estimate of drug-likeness (QED) is 0.0284. The zero-order valence-corrected chi connectivity index (χ0v) is 35.4. The third kappa shape index (κ3) is 38.4. The van der Waals surface area contributed by atoms with Crippen molar-refractivity contribution in [3.63, 3.8) is 0 Å². The Morgan fingerprint density at radius 2 is 0.849 bits per heavy atom. The van der Waals surface area contributed by atoms with Crippen LogP contribution in [0.25, 0.3) is 0 Å². The van der Waals surface area contributed by atoms with Crippen LogP contribution in [0.3, 0.4) is 0 Å². The number of esters is 2. The normalized spacial score (nSPS) is 12.8. The first kappa shape index (κ1) is 51.3. The number of quaternary nitrogens is 1. The van der Waals surface area contributed by atoms with Crippen molar-refractivity contribution in [2.75, 3.05) is 47.5 Å². The van der Waals surface area contributed by atoms with Gasteiger partial charge in [0, 0.05) is 12.8 Å². The second-order valence-electron chi connectivity index (χ2n) is 16.4. The minimum Gasteiger partial charge on any atom is -0.477 e. The van der Waals surface area contributed by atoms with E-state index in [2.05, 4.69) is 13.8 Å². The molecule has 0 aliphatic heterocycles. The fourth-order valence-corrected chi connectivity index (χ4v) is 6.37. The number of carbonyl (C=O) groups excluding carboxylic acids is 2. The molecule has 0 aromatic carbocycles. The number of carboxylic acid groups (broad SMARTS) is 1. The van der Waals surface area contributed by atoms with Crippen molar-refractivity contribution in [2.24, 2.45) is 0 Å². The third-order valence-corrected chi connectivity index (χ3v) is 9.86. The van der Waals surface area contributed by atoms with Crippen molar-refractivity contribution in [1.29, 1.82) is 0 Å². The Balaban J connectivity index is 4.22. The number of nitrogens with zero attached hydrogens (tertiary/aromatic N) is 1. The van der Waals surface area contributed by atoms with Gasteiger partial charge in [0.05, 0.1) is 34.4 Å². The van der Waals surface area contributed by atoms with Gasteiger partial charge in [0.25, 0.3) is 6.29 Å². The summed E-state index contributed by atoms with van der Waals surface area (Å²) in [5, 5.41) is 9.59. The molecule has 0 rings (SSSR count). The number of hydrogen-bond donors (Lipinski definition) is 1. The summed E-state index contributed by atoms with van der Waals surface area (Å²) in [4.78, 5) is 36.9. The number of hydrogen-bond acceptors (Lipinski definition) is 7. The highest BCUT2D eigenvalue weighted by Gasteiger charge is 2.25. The van der Waals surface area contributed by atoms with Crippen LogP contribution in [0.5, 0.6) is 0 Å². The molecular formula is C44H86NO8+. The molecule has 0 aliphatic carbocycles. The zero-order valence-electron chi connectivity index (χ0n) is 35.4. The standard InChI is InChI=1S/C44H85NO8/c1-6-8-10-12-14-15-16-17-18-19-20-21-22-23-24-25-26-27-29-31-33-35-42(47)53-40(38-51-41(46)34-32-30-28-13-11-9-7-2)39-52-44(43(48)49)50-37-36-45(3,4)5/h40,44H,6-39H2,1-5H3/p+1. The average molecular weight is 757 g/mol. The van der Waals surface area contributed by atoms with E-state index in [9.17, 15) is 19.5 Å². The summed E-state index contributed by atoms with van der Waals surface area (Å²) in [7, 11) is 5.95. The van der Waals surface area contributed by atoms with E-state index in [0.29, 0.717) is 17.4 Å². The molecule has 0 radical (unpaired) electrons. The van der Waals surface area contributed by atoms with E-state index in [-0.39, 0.29) is 32.2 Å². The molecular weight excluding hydrogens is 670 g/mol. The molecule has 53 heavy (non-hydrogen) atoms. The van der Waals surface area contributed by atoms with E-state index < -0.39 is 24.3 Å². The zero-order chi connectivity index (χ0) is 39.3. The molecule has 0 bridgehead atoms. The summed E-state index contributed by atoms with van der Waals surface area (Å²) in [6.45, 7) is 4.85. The number of unbranched alkanes of at least 4 members (excludes halogenated alkanes) is 26. The van der Waals surface area contributed by atoms with Crippen LogP contribution < -0.4 is 0 Å². The van der Waals surface area contributed by atoms with Gasteiger partial charge in [-0.3, -0.25) is 9.59 Å². The van der Waals surface area contributed by atoms with Gasteiger partial charge in [0.1, 0.15) is 13.2 Å². The van der Waals surface area contributed by atoms with Gasteiger partial charge < -0.3 is 28.5 Å². The second-order valence-corrected chi connectivity index (χ2v) is 16.4. The Labute approximate surface area is 326 Å². The molecule has 1 N–H and O–H groups in total. The highest BCUT2D eigenvalue weighted by atomic mass is 16.7. The summed E-state index contributed by atoms with van der Waals surface area (Å²) in [5.41, 5.74) is 0. The fraction of sp³-hybridized carbons (Fsp3) is 0.932. The van der Waals surface area contributed by atoms with Crippen LogP contribution in [-0.4, -0.2) is 87.4 Å². The van der Waals surface area contributed by atoms with Crippen LogP contribution in [-0.2, 0) is 33.3 Å². The van der Waals surface area contributed by atoms with Gasteiger partial charge in [0.15, 0.2) is 6.10 Å². The largest absolute Gasteiger partial charge is 0.477 e. The van der Waals surface area contributed by atoms with Crippen molar-refractivity contribution < 1.29 is 42.9 Å².